The van der Waals surface area contributed by atoms with Crippen molar-refractivity contribution in [3.63, 3.8) is 0 Å². The highest BCUT2D eigenvalue weighted by atomic mass is 16.1. The Hall–Kier alpha value is -3.01. The van der Waals surface area contributed by atoms with E-state index in [0.717, 1.165) is 17.0 Å². The van der Waals surface area contributed by atoms with E-state index in [4.69, 9.17) is 0 Å². The first-order valence-electron chi connectivity index (χ1n) is 7.00. The summed E-state index contributed by atoms with van der Waals surface area (Å²) in [6, 6.07) is 20.7. The van der Waals surface area contributed by atoms with Gasteiger partial charge in [-0.25, -0.2) is 9.97 Å². The summed E-state index contributed by atoms with van der Waals surface area (Å²) >= 11 is 0. The molecule has 108 valence electrons. The normalized spacial score (nSPS) is 10.2. The Labute approximate surface area is 128 Å². The van der Waals surface area contributed by atoms with Gasteiger partial charge in [-0.2, -0.15) is 0 Å². The predicted octanol–water partition coefficient (Wildman–Crippen LogP) is 3.70. The second-order valence-electron chi connectivity index (χ2n) is 4.89. The number of nitrogens with one attached hydrogen (secondary N) is 1. The lowest BCUT2D eigenvalue weighted by Crippen LogP contribution is -2.15. The van der Waals surface area contributed by atoms with Crippen molar-refractivity contribution >= 4 is 11.7 Å². The minimum atomic E-state index is -0.263. The second kappa shape index (κ2) is 6.18. The summed E-state index contributed by atoms with van der Waals surface area (Å²) in [7, 11) is 0. The van der Waals surface area contributed by atoms with Gasteiger partial charge in [-0.1, -0.05) is 42.5 Å². The standard InChI is InChI=1S/C18H15N3O/c1-13-7-5-11-16(19-13)18(22)21-17-12-6-10-15(20-17)14-8-3-2-4-9-14/h2-12H,1H3,(H,20,21,22). The van der Waals surface area contributed by atoms with Gasteiger partial charge in [0.2, 0.25) is 0 Å². The van der Waals surface area contributed by atoms with E-state index in [0.29, 0.717) is 11.5 Å². The van der Waals surface area contributed by atoms with Crippen LogP contribution in [0.5, 0.6) is 0 Å². The number of anilines is 1. The molecule has 1 aromatic carbocycles. The van der Waals surface area contributed by atoms with E-state index in [-0.39, 0.29) is 5.91 Å². The molecular weight excluding hydrogens is 274 g/mol. The molecule has 0 aliphatic rings. The number of hydrogen-bond acceptors (Lipinski definition) is 3. The summed E-state index contributed by atoms with van der Waals surface area (Å²) in [4.78, 5) is 20.9. The molecule has 22 heavy (non-hydrogen) atoms. The largest absolute Gasteiger partial charge is 0.305 e. The van der Waals surface area contributed by atoms with Crippen LogP contribution >= 0.6 is 0 Å². The molecule has 3 aromatic rings. The lowest BCUT2D eigenvalue weighted by molar-refractivity contribution is 0.102. The van der Waals surface area contributed by atoms with Crippen LogP contribution in [0, 0.1) is 6.92 Å². The number of aromatic nitrogens is 2. The summed E-state index contributed by atoms with van der Waals surface area (Å²) in [5.74, 6) is 0.246. The Morgan fingerprint density at radius 1 is 0.864 bits per heavy atom. The molecule has 2 heterocycles. The maximum atomic E-state index is 12.2. The molecule has 4 heteroatoms. The van der Waals surface area contributed by atoms with Gasteiger partial charge < -0.3 is 5.32 Å². The van der Waals surface area contributed by atoms with Gasteiger partial charge in [-0.15, -0.1) is 0 Å². The Balaban J connectivity index is 1.83. The molecule has 4 nitrogen and oxygen atoms in total. The lowest BCUT2D eigenvalue weighted by Gasteiger charge is -2.07. The van der Waals surface area contributed by atoms with E-state index >= 15 is 0 Å². The number of amides is 1. The minimum absolute atomic E-state index is 0.263. The summed E-state index contributed by atoms with van der Waals surface area (Å²) in [6.45, 7) is 1.85. The van der Waals surface area contributed by atoms with Crippen LogP contribution < -0.4 is 5.32 Å². The third kappa shape index (κ3) is 3.17. The average Bonchev–Trinajstić information content (AvgIpc) is 2.56. The first kappa shape index (κ1) is 13.9. The van der Waals surface area contributed by atoms with E-state index < -0.39 is 0 Å². The molecule has 0 unspecified atom stereocenters. The van der Waals surface area contributed by atoms with Crippen molar-refractivity contribution in [3.8, 4) is 11.3 Å². The molecule has 0 aliphatic carbocycles. The highest BCUT2D eigenvalue weighted by Crippen LogP contribution is 2.18. The van der Waals surface area contributed by atoms with Crippen molar-refractivity contribution in [1.82, 2.24) is 9.97 Å². The SMILES string of the molecule is Cc1cccc(C(=O)Nc2cccc(-c3ccccc3)n2)n1. The minimum Gasteiger partial charge on any atom is -0.305 e. The summed E-state index contributed by atoms with van der Waals surface area (Å²) < 4.78 is 0. The fourth-order valence-electron chi connectivity index (χ4n) is 2.12. The van der Waals surface area contributed by atoms with Crippen molar-refractivity contribution in [1.29, 1.82) is 0 Å². The first-order chi connectivity index (χ1) is 10.7. The van der Waals surface area contributed by atoms with E-state index in [2.05, 4.69) is 15.3 Å². The fraction of sp³-hybridized carbons (Fsp3) is 0.0556. The van der Waals surface area contributed by atoms with Gasteiger partial charge in [0.25, 0.3) is 5.91 Å². The number of carbonyl (C=O) groups excluding carboxylic acids is 1. The van der Waals surface area contributed by atoms with Crippen LogP contribution in [0.25, 0.3) is 11.3 Å². The van der Waals surface area contributed by atoms with E-state index in [9.17, 15) is 4.79 Å². The zero-order chi connectivity index (χ0) is 15.4. The van der Waals surface area contributed by atoms with E-state index in [1.807, 2.05) is 61.5 Å². The summed E-state index contributed by atoms with van der Waals surface area (Å²) in [5, 5.41) is 2.78. The topological polar surface area (TPSA) is 54.9 Å². The maximum Gasteiger partial charge on any atom is 0.275 e. The molecule has 0 spiro atoms. The summed E-state index contributed by atoms with van der Waals surface area (Å²) in [6.07, 6.45) is 0. The summed E-state index contributed by atoms with van der Waals surface area (Å²) in [5.41, 5.74) is 3.01. The molecule has 0 bridgehead atoms. The average molecular weight is 289 g/mol. The Bertz CT molecular complexity index is 800. The molecule has 2 aromatic heterocycles. The molecular formula is C18H15N3O. The molecule has 1 amide bonds. The van der Waals surface area contributed by atoms with Crippen LogP contribution in [-0.2, 0) is 0 Å². The Morgan fingerprint density at radius 2 is 1.64 bits per heavy atom. The van der Waals surface area contributed by atoms with Gasteiger partial charge in [-0.3, -0.25) is 4.79 Å². The van der Waals surface area contributed by atoms with Gasteiger partial charge in [0.05, 0.1) is 5.69 Å². The van der Waals surface area contributed by atoms with Gasteiger partial charge in [-0.05, 0) is 31.2 Å². The van der Waals surface area contributed by atoms with Gasteiger partial charge in [0.15, 0.2) is 0 Å². The number of rotatable bonds is 3. The maximum absolute atomic E-state index is 12.2. The second-order valence-corrected chi connectivity index (χ2v) is 4.89. The van der Waals surface area contributed by atoms with Crippen LogP contribution in [0.3, 0.4) is 0 Å². The number of benzene rings is 1. The van der Waals surface area contributed by atoms with Gasteiger partial charge in [0.1, 0.15) is 11.5 Å². The van der Waals surface area contributed by atoms with Crippen LogP contribution in [0.1, 0.15) is 16.2 Å². The lowest BCUT2D eigenvalue weighted by atomic mass is 10.1. The van der Waals surface area contributed by atoms with Crippen molar-refractivity contribution in [2.24, 2.45) is 0 Å². The van der Waals surface area contributed by atoms with E-state index in [1.54, 1.807) is 12.1 Å². The quantitative estimate of drug-likeness (QED) is 0.799. The van der Waals surface area contributed by atoms with Gasteiger partial charge in [0, 0.05) is 11.3 Å². The third-order valence-corrected chi connectivity index (χ3v) is 3.18. The van der Waals surface area contributed by atoms with Crippen molar-refractivity contribution < 1.29 is 4.79 Å². The smallest absolute Gasteiger partial charge is 0.275 e. The van der Waals surface area contributed by atoms with Crippen molar-refractivity contribution in [2.75, 3.05) is 5.32 Å². The zero-order valence-electron chi connectivity index (χ0n) is 12.2. The molecule has 0 aliphatic heterocycles. The van der Waals surface area contributed by atoms with Crippen LogP contribution in [0.2, 0.25) is 0 Å². The molecule has 0 fully saturated rings. The molecule has 3 rings (SSSR count). The number of aryl methyl sites for hydroxylation is 1. The number of carbonyl (C=O) groups is 1. The molecule has 0 saturated carbocycles. The third-order valence-electron chi connectivity index (χ3n) is 3.18. The first-order valence-corrected chi connectivity index (χ1v) is 7.00. The molecule has 0 atom stereocenters. The van der Waals surface area contributed by atoms with Crippen molar-refractivity contribution in [3.05, 3.63) is 78.1 Å². The monoisotopic (exact) mass is 289 g/mol. The number of nitrogens with zero attached hydrogens (tertiary/aromatic N) is 2. The highest BCUT2D eigenvalue weighted by molar-refractivity contribution is 6.02. The molecule has 1 N–H and O–H groups in total. The fourth-order valence-corrected chi connectivity index (χ4v) is 2.12. The van der Waals surface area contributed by atoms with Crippen LogP contribution in [0.4, 0.5) is 5.82 Å². The molecule has 0 saturated heterocycles. The van der Waals surface area contributed by atoms with E-state index in [1.165, 1.54) is 0 Å². The Kier molecular flexibility index (Phi) is 3.92. The highest BCUT2D eigenvalue weighted by Gasteiger charge is 2.09. The van der Waals surface area contributed by atoms with Crippen LogP contribution in [0.15, 0.2) is 66.7 Å². The van der Waals surface area contributed by atoms with Crippen molar-refractivity contribution in [2.45, 2.75) is 6.92 Å². The van der Waals surface area contributed by atoms with Gasteiger partial charge >= 0.3 is 0 Å². The number of hydrogen-bond donors (Lipinski definition) is 1. The predicted molar refractivity (Wildman–Crippen MR) is 86.6 cm³/mol. The molecule has 0 radical (unpaired) electrons. The van der Waals surface area contributed by atoms with Crippen LogP contribution in [-0.4, -0.2) is 15.9 Å². The number of pyridine rings is 2. The Morgan fingerprint density at radius 3 is 2.41 bits per heavy atom. The zero-order valence-corrected chi connectivity index (χ0v) is 12.2.